The van der Waals surface area contributed by atoms with E-state index in [1.807, 2.05) is 0 Å². The molecule has 0 bridgehead atoms. The summed E-state index contributed by atoms with van der Waals surface area (Å²) in [5.41, 5.74) is 1.49. The third kappa shape index (κ3) is 6.02. The highest BCUT2D eigenvalue weighted by atomic mass is 19.1. The number of amides is 3. The lowest BCUT2D eigenvalue weighted by Crippen LogP contribution is -2.51. The van der Waals surface area contributed by atoms with E-state index in [9.17, 15) is 19.1 Å². The molecule has 3 atom stereocenters. The van der Waals surface area contributed by atoms with E-state index in [0.717, 1.165) is 0 Å². The number of nitrogens with one attached hydrogen (secondary N) is 3. The fourth-order valence-electron chi connectivity index (χ4n) is 3.53. The molecule has 10 heteroatoms. The standard InChI is InChI=1S/C21H27FN4O5/c1-12-19(13(2)31-26-12)25-21(29)23-10-9-16-7-8-17(18(11-27)30-16)24-20(28)14-3-5-15(22)6-4-14/h3-6,16-18,27H,7-11H2,1-2H3,(H,24,28)(H2,23,25,29)/t16-,17+,18+/m1/s1. The van der Waals surface area contributed by atoms with Crippen molar-refractivity contribution < 1.29 is 28.3 Å². The Hall–Kier alpha value is -2.98. The van der Waals surface area contributed by atoms with Crippen molar-refractivity contribution in [1.82, 2.24) is 15.8 Å². The first-order valence-electron chi connectivity index (χ1n) is 10.2. The number of halogens is 1. The zero-order valence-corrected chi connectivity index (χ0v) is 17.5. The fraction of sp³-hybridized carbons (Fsp3) is 0.476. The molecular formula is C21H27FN4O5. The first kappa shape index (κ1) is 22.7. The molecule has 1 aromatic heterocycles. The van der Waals surface area contributed by atoms with Gasteiger partial charge in [0.05, 0.1) is 18.8 Å². The van der Waals surface area contributed by atoms with Gasteiger partial charge in [-0.3, -0.25) is 4.79 Å². The number of hydrogen-bond acceptors (Lipinski definition) is 6. The Morgan fingerprint density at radius 2 is 1.97 bits per heavy atom. The number of anilines is 1. The Kier molecular flexibility index (Phi) is 7.59. The van der Waals surface area contributed by atoms with Crippen LogP contribution in [0.3, 0.4) is 0 Å². The molecular weight excluding hydrogens is 407 g/mol. The van der Waals surface area contributed by atoms with Gasteiger partial charge >= 0.3 is 6.03 Å². The van der Waals surface area contributed by atoms with E-state index in [-0.39, 0.29) is 30.7 Å². The third-order valence-corrected chi connectivity index (χ3v) is 5.24. The van der Waals surface area contributed by atoms with Crippen molar-refractivity contribution in [2.45, 2.75) is 51.4 Å². The molecule has 4 N–H and O–H groups in total. The summed E-state index contributed by atoms with van der Waals surface area (Å²) in [7, 11) is 0. The van der Waals surface area contributed by atoms with E-state index in [4.69, 9.17) is 9.26 Å². The second kappa shape index (κ2) is 10.4. The molecule has 0 radical (unpaired) electrons. The third-order valence-electron chi connectivity index (χ3n) is 5.24. The summed E-state index contributed by atoms with van der Waals surface area (Å²) >= 11 is 0. The number of rotatable bonds is 7. The largest absolute Gasteiger partial charge is 0.394 e. The van der Waals surface area contributed by atoms with Crippen LogP contribution in [0.1, 0.15) is 41.1 Å². The number of ether oxygens (including phenoxy) is 1. The molecule has 1 aliphatic rings. The number of nitrogens with zero attached hydrogens (tertiary/aromatic N) is 1. The van der Waals surface area contributed by atoms with E-state index < -0.39 is 11.9 Å². The van der Waals surface area contributed by atoms with Gasteiger partial charge < -0.3 is 30.3 Å². The maximum atomic E-state index is 13.0. The van der Waals surface area contributed by atoms with Crippen LogP contribution >= 0.6 is 0 Å². The predicted molar refractivity (Wildman–Crippen MR) is 110 cm³/mol. The molecule has 1 aromatic carbocycles. The molecule has 2 heterocycles. The van der Waals surface area contributed by atoms with Gasteiger partial charge in [-0.2, -0.15) is 0 Å². The number of aliphatic hydroxyl groups excluding tert-OH is 1. The number of hydrogen-bond donors (Lipinski definition) is 4. The molecule has 0 aliphatic carbocycles. The number of aliphatic hydroxyl groups is 1. The Morgan fingerprint density at radius 1 is 1.23 bits per heavy atom. The van der Waals surface area contributed by atoms with Crippen molar-refractivity contribution in [3.05, 3.63) is 47.1 Å². The molecule has 0 saturated carbocycles. The number of urea groups is 1. The summed E-state index contributed by atoms with van der Waals surface area (Å²) in [6.07, 6.45) is 1.13. The van der Waals surface area contributed by atoms with E-state index in [1.54, 1.807) is 13.8 Å². The first-order chi connectivity index (χ1) is 14.9. The van der Waals surface area contributed by atoms with Crippen LogP contribution < -0.4 is 16.0 Å². The zero-order chi connectivity index (χ0) is 22.4. The van der Waals surface area contributed by atoms with Gasteiger partial charge in [-0.15, -0.1) is 0 Å². The van der Waals surface area contributed by atoms with Gasteiger partial charge in [0.1, 0.15) is 23.3 Å². The molecule has 2 aromatic rings. The monoisotopic (exact) mass is 434 g/mol. The van der Waals surface area contributed by atoms with Crippen molar-refractivity contribution in [3.8, 4) is 0 Å². The van der Waals surface area contributed by atoms with Gasteiger partial charge in [-0.05, 0) is 57.4 Å². The minimum Gasteiger partial charge on any atom is -0.394 e. The predicted octanol–water partition coefficient (Wildman–Crippen LogP) is 2.28. The lowest BCUT2D eigenvalue weighted by molar-refractivity contribution is -0.0892. The number of aryl methyl sites for hydroxylation is 2. The summed E-state index contributed by atoms with van der Waals surface area (Å²) in [5.74, 6) is -0.228. The van der Waals surface area contributed by atoms with Crippen molar-refractivity contribution in [3.63, 3.8) is 0 Å². The fourth-order valence-corrected chi connectivity index (χ4v) is 3.53. The van der Waals surface area contributed by atoms with E-state index in [0.29, 0.717) is 48.5 Å². The van der Waals surface area contributed by atoms with Gasteiger partial charge in [-0.1, -0.05) is 5.16 Å². The van der Waals surface area contributed by atoms with Crippen molar-refractivity contribution in [2.24, 2.45) is 0 Å². The molecule has 9 nitrogen and oxygen atoms in total. The van der Waals surface area contributed by atoms with Crippen LogP contribution in [0, 0.1) is 19.7 Å². The number of carbonyl (C=O) groups is 2. The molecule has 3 rings (SSSR count). The van der Waals surface area contributed by atoms with Gasteiger partial charge in [0.2, 0.25) is 0 Å². The average molecular weight is 434 g/mol. The lowest BCUT2D eigenvalue weighted by Gasteiger charge is -2.36. The quantitative estimate of drug-likeness (QED) is 0.530. The SMILES string of the molecule is Cc1noc(C)c1NC(=O)NCC[C@H]1CC[C@H](NC(=O)c2ccc(F)cc2)[C@H](CO)O1. The van der Waals surface area contributed by atoms with Crippen LogP contribution in [0.2, 0.25) is 0 Å². The Morgan fingerprint density at radius 3 is 2.61 bits per heavy atom. The summed E-state index contributed by atoms with van der Waals surface area (Å²) in [4.78, 5) is 24.4. The summed E-state index contributed by atoms with van der Waals surface area (Å²) < 4.78 is 23.9. The molecule has 168 valence electrons. The average Bonchev–Trinajstić information content (AvgIpc) is 3.07. The molecule has 31 heavy (non-hydrogen) atoms. The highest BCUT2D eigenvalue weighted by molar-refractivity contribution is 5.94. The minimum absolute atomic E-state index is 0.157. The minimum atomic E-state index is -0.556. The van der Waals surface area contributed by atoms with Gasteiger partial charge in [0.25, 0.3) is 5.91 Å². The van der Waals surface area contributed by atoms with Crippen molar-refractivity contribution >= 4 is 17.6 Å². The zero-order valence-electron chi connectivity index (χ0n) is 17.5. The van der Waals surface area contributed by atoms with Crippen LogP contribution in [0.4, 0.5) is 14.9 Å². The number of aromatic nitrogens is 1. The van der Waals surface area contributed by atoms with Gasteiger partial charge in [-0.25, -0.2) is 9.18 Å². The maximum absolute atomic E-state index is 13.0. The van der Waals surface area contributed by atoms with Crippen molar-refractivity contribution in [1.29, 1.82) is 0 Å². The molecule has 0 unspecified atom stereocenters. The van der Waals surface area contributed by atoms with Crippen LogP contribution in [0.5, 0.6) is 0 Å². The summed E-state index contributed by atoms with van der Waals surface area (Å²) in [6.45, 7) is 3.59. The van der Waals surface area contributed by atoms with E-state index >= 15 is 0 Å². The summed E-state index contributed by atoms with van der Waals surface area (Å²) in [6, 6.07) is 4.54. The molecule has 1 saturated heterocycles. The Bertz CT molecular complexity index is 882. The van der Waals surface area contributed by atoms with Crippen LogP contribution in [-0.2, 0) is 4.74 Å². The Balaban J connectivity index is 1.43. The highest BCUT2D eigenvalue weighted by Crippen LogP contribution is 2.22. The van der Waals surface area contributed by atoms with E-state index in [2.05, 4.69) is 21.1 Å². The van der Waals surface area contributed by atoms with Crippen LogP contribution in [0.15, 0.2) is 28.8 Å². The molecule has 1 aliphatic heterocycles. The summed E-state index contributed by atoms with van der Waals surface area (Å²) in [5, 5.41) is 21.8. The molecule has 0 spiro atoms. The topological polar surface area (TPSA) is 126 Å². The van der Waals surface area contributed by atoms with E-state index in [1.165, 1.54) is 24.3 Å². The van der Waals surface area contributed by atoms with Crippen LogP contribution in [0.25, 0.3) is 0 Å². The highest BCUT2D eigenvalue weighted by Gasteiger charge is 2.32. The van der Waals surface area contributed by atoms with Gasteiger partial charge in [0.15, 0.2) is 5.76 Å². The second-order valence-corrected chi connectivity index (χ2v) is 7.51. The number of benzene rings is 1. The second-order valence-electron chi connectivity index (χ2n) is 7.51. The Labute approximate surface area is 179 Å². The lowest BCUT2D eigenvalue weighted by atomic mass is 9.96. The molecule has 1 fully saturated rings. The van der Waals surface area contributed by atoms with Gasteiger partial charge in [0, 0.05) is 12.1 Å². The molecule has 3 amide bonds. The number of carbonyl (C=O) groups excluding carboxylic acids is 2. The first-order valence-corrected chi connectivity index (χ1v) is 10.2. The van der Waals surface area contributed by atoms with Crippen LogP contribution in [-0.4, -0.2) is 53.6 Å². The smallest absolute Gasteiger partial charge is 0.319 e. The maximum Gasteiger partial charge on any atom is 0.319 e. The normalized spacial score (nSPS) is 20.8. The van der Waals surface area contributed by atoms with Crippen molar-refractivity contribution in [2.75, 3.05) is 18.5 Å².